The number of carbonyl (C=O) groups excluding carboxylic acids is 1. The predicted molar refractivity (Wildman–Crippen MR) is 72.5 cm³/mol. The number of halogens is 1. The highest BCUT2D eigenvalue weighted by Crippen LogP contribution is 2.06. The smallest absolute Gasteiger partial charge is 0.236 e. The molecule has 1 aliphatic rings. The van der Waals surface area contributed by atoms with E-state index in [1.165, 1.54) is 0 Å². The van der Waals surface area contributed by atoms with E-state index in [1.54, 1.807) is 4.90 Å². The summed E-state index contributed by atoms with van der Waals surface area (Å²) >= 11 is 3.29. The van der Waals surface area contributed by atoms with Crippen LogP contribution in [0.4, 0.5) is 0 Å². The highest BCUT2D eigenvalue weighted by molar-refractivity contribution is 9.10. The Balaban J connectivity index is 2.39. The molecule has 1 amide bonds. The van der Waals surface area contributed by atoms with Crippen molar-refractivity contribution in [1.82, 2.24) is 9.80 Å². The van der Waals surface area contributed by atoms with Crippen LogP contribution >= 0.6 is 15.9 Å². The number of ether oxygens (including phenoxy) is 1. The minimum Gasteiger partial charge on any atom is -0.379 e. The summed E-state index contributed by atoms with van der Waals surface area (Å²) in [7, 11) is 0. The molecule has 0 N–H and O–H groups in total. The number of nitrogens with zero attached hydrogens (tertiary/aromatic N) is 3. The number of hydrogen-bond acceptors (Lipinski definition) is 4. The molecule has 18 heavy (non-hydrogen) atoms. The molecule has 0 aromatic rings. The maximum Gasteiger partial charge on any atom is 0.236 e. The van der Waals surface area contributed by atoms with E-state index in [9.17, 15) is 4.79 Å². The van der Waals surface area contributed by atoms with Crippen molar-refractivity contribution >= 4 is 21.8 Å². The molecule has 1 rings (SSSR count). The first-order chi connectivity index (χ1) is 8.65. The summed E-state index contributed by atoms with van der Waals surface area (Å²) in [5.41, 5.74) is 0. The molecule has 0 aliphatic carbocycles. The van der Waals surface area contributed by atoms with Crippen molar-refractivity contribution in [2.75, 3.05) is 45.9 Å². The number of amides is 1. The minimum absolute atomic E-state index is 0.0542. The average Bonchev–Trinajstić information content (AvgIpc) is 2.39. The van der Waals surface area contributed by atoms with Gasteiger partial charge in [0.15, 0.2) is 0 Å². The zero-order valence-corrected chi connectivity index (χ0v) is 12.4. The first-order valence-corrected chi connectivity index (χ1v) is 7.16. The Labute approximate surface area is 117 Å². The number of carbonyl (C=O) groups is 1. The van der Waals surface area contributed by atoms with Crippen LogP contribution in [0.15, 0.2) is 0 Å². The first-order valence-electron chi connectivity index (χ1n) is 6.25. The van der Waals surface area contributed by atoms with Crippen molar-refractivity contribution in [1.29, 1.82) is 5.26 Å². The Morgan fingerprint density at radius 2 is 2.17 bits per heavy atom. The van der Waals surface area contributed by atoms with E-state index in [0.717, 1.165) is 32.8 Å². The van der Waals surface area contributed by atoms with Gasteiger partial charge in [-0.25, -0.2) is 0 Å². The second kappa shape index (κ2) is 8.46. The molecule has 102 valence electrons. The third-order valence-electron chi connectivity index (χ3n) is 2.94. The molecule has 5 nitrogen and oxygen atoms in total. The standard InChI is InChI=1S/C12H20BrN3O2/c1-11(13)12(17)16(4-2-3-14)6-5-15-7-9-18-10-8-15/h11H,2,4-10H2,1H3. The van der Waals surface area contributed by atoms with Crippen molar-refractivity contribution in [3.8, 4) is 6.07 Å². The number of rotatable bonds is 6. The average molecular weight is 318 g/mol. The van der Waals surface area contributed by atoms with Crippen molar-refractivity contribution in [3.05, 3.63) is 0 Å². The molecule has 1 heterocycles. The highest BCUT2D eigenvalue weighted by atomic mass is 79.9. The molecule has 0 spiro atoms. The molecule has 0 aromatic heterocycles. The van der Waals surface area contributed by atoms with Crippen molar-refractivity contribution < 1.29 is 9.53 Å². The molecule has 0 saturated carbocycles. The fourth-order valence-electron chi connectivity index (χ4n) is 1.86. The molecule has 0 aromatic carbocycles. The van der Waals surface area contributed by atoms with Gasteiger partial charge >= 0.3 is 0 Å². The van der Waals surface area contributed by atoms with Crippen LogP contribution < -0.4 is 0 Å². The second-order valence-corrected chi connectivity index (χ2v) is 5.68. The normalized spacial score (nSPS) is 18.1. The SMILES string of the molecule is CC(Br)C(=O)N(CCC#N)CCN1CCOCC1. The summed E-state index contributed by atoms with van der Waals surface area (Å²) in [6.45, 7) is 7.22. The monoisotopic (exact) mass is 317 g/mol. The predicted octanol–water partition coefficient (Wildman–Crippen LogP) is 0.844. The molecule has 1 atom stereocenters. The summed E-state index contributed by atoms with van der Waals surface area (Å²) in [5.74, 6) is 0.0542. The van der Waals surface area contributed by atoms with E-state index in [1.807, 2.05) is 6.92 Å². The Kier molecular flexibility index (Phi) is 7.25. The van der Waals surface area contributed by atoms with Gasteiger partial charge < -0.3 is 9.64 Å². The highest BCUT2D eigenvalue weighted by Gasteiger charge is 2.19. The van der Waals surface area contributed by atoms with Crippen LogP contribution in [0.2, 0.25) is 0 Å². The fraction of sp³-hybridized carbons (Fsp3) is 0.833. The van der Waals surface area contributed by atoms with Gasteiger partial charge in [-0.1, -0.05) is 15.9 Å². The molecule has 1 saturated heterocycles. The van der Waals surface area contributed by atoms with Crippen molar-refractivity contribution in [2.45, 2.75) is 18.2 Å². The lowest BCUT2D eigenvalue weighted by atomic mass is 10.3. The van der Waals surface area contributed by atoms with Crippen molar-refractivity contribution in [2.24, 2.45) is 0 Å². The first kappa shape index (κ1) is 15.4. The van der Waals surface area contributed by atoms with Gasteiger partial charge in [0.2, 0.25) is 5.91 Å². The van der Waals surface area contributed by atoms with Gasteiger partial charge in [-0.05, 0) is 6.92 Å². The third-order valence-corrected chi connectivity index (χ3v) is 3.33. The van der Waals surface area contributed by atoms with E-state index in [-0.39, 0.29) is 10.7 Å². The zero-order valence-electron chi connectivity index (χ0n) is 10.8. The summed E-state index contributed by atoms with van der Waals surface area (Å²) in [6.07, 6.45) is 0.384. The van der Waals surface area contributed by atoms with E-state index in [4.69, 9.17) is 10.00 Å². The van der Waals surface area contributed by atoms with Gasteiger partial charge in [-0.15, -0.1) is 0 Å². The fourth-order valence-corrected chi connectivity index (χ4v) is 2.15. The summed E-state index contributed by atoms with van der Waals surface area (Å²) in [5, 5.41) is 8.63. The van der Waals surface area contributed by atoms with E-state index in [2.05, 4.69) is 26.9 Å². The Hall–Kier alpha value is -0.640. The van der Waals surface area contributed by atoms with Crippen molar-refractivity contribution in [3.63, 3.8) is 0 Å². The van der Waals surface area contributed by atoms with Gasteiger partial charge in [-0.3, -0.25) is 9.69 Å². The van der Waals surface area contributed by atoms with Gasteiger partial charge in [-0.2, -0.15) is 5.26 Å². The Morgan fingerprint density at radius 1 is 1.50 bits per heavy atom. The van der Waals surface area contributed by atoms with Crippen LogP contribution in [0.5, 0.6) is 0 Å². The number of morpholine rings is 1. The summed E-state index contributed by atoms with van der Waals surface area (Å²) in [6, 6.07) is 2.09. The van der Waals surface area contributed by atoms with Gasteiger partial charge in [0.25, 0.3) is 0 Å². The molecule has 0 radical (unpaired) electrons. The van der Waals surface area contributed by atoms with Crippen LogP contribution in [0, 0.1) is 11.3 Å². The van der Waals surface area contributed by atoms with Gasteiger partial charge in [0, 0.05) is 32.7 Å². The Morgan fingerprint density at radius 3 is 2.72 bits per heavy atom. The molecular formula is C12H20BrN3O2. The molecule has 1 fully saturated rings. The molecule has 1 aliphatic heterocycles. The minimum atomic E-state index is -0.194. The zero-order chi connectivity index (χ0) is 13.4. The van der Waals surface area contributed by atoms with Crippen LogP contribution in [0.3, 0.4) is 0 Å². The van der Waals surface area contributed by atoms with E-state index < -0.39 is 0 Å². The number of hydrogen-bond donors (Lipinski definition) is 0. The Bertz CT molecular complexity index is 298. The van der Waals surface area contributed by atoms with Crippen LogP contribution in [-0.4, -0.2) is 66.5 Å². The maximum absolute atomic E-state index is 11.9. The lowest BCUT2D eigenvalue weighted by Gasteiger charge is -2.30. The number of alkyl halides is 1. The van der Waals surface area contributed by atoms with Crippen LogP contribution in [0.1, 0.15) is 13.3 Å². The molecule has 0 bridgehead atoms. The summed E-state index contributed by atoms with van der Waals surface area (Å²) in [4.78, 5) is 15.8. The lowest BCUT2D eigenvalue weighted by Crippen LogP contribution is -2.44. The second-order valence-electron chi connectivity index (χ2n) is 4.30. The maximum atomic E-state index is 11.9. The van der Waals surface area contributed by atoms with Gasteiger partial charge in [0.1, 0.15) is 0 Å². The number of nitriles is 1. The van der Waals surface area contributed by atoms with E-state index in [0.29, 0.717) is 19.5 Å². The summed E-state index contributed by atoms with van der Waals surface area (Å²) < 4.78 is 5.28. The largest absolute Gasteiger partial charge is 0.379 e. The molecule has 6 heteroatoms. The molecule has 1 unspecified atom stereocenters. The lowest BCUT2D eigenvalue weighted by molar-refractivity contribution is -0.130. The van der Waals surface area contributed by atoms with Crippen LogP contribution in [-0.2, 0) is 9.53 Å². The van der Waals surface area contributed by atoms with Crippen LogP contribution in [0.25, 0.3) is 0 Å². The topological polar surface area (TPSA) is 56.6 Å². The van der Waals surface area contributed by atoms with Gasteiger partial charge in [0.05, 0.1) is 30.5 Å². The quantitative estimate of drug-likeness (QED) is 0.681. The van der Waals surface area contributed by atoms with E-state index >= 15 is 0 Å². The third kappa shape index (κ3) is 5.34. The molecular weight excluding hydrogens is 298 g/mol.